The van der Waals surface area contributed by atoms with Crippen molar-refractivity contribution in [1.82, 2.24) is 25.1 Å². The van der Waals surface area contributed by atoms with Crippen LogP contribution in [0.15, 0.2) is 30.7 Å². The fourth-order valence-corrected chi connectivity index (χ4v) is 4.32. The van der Waals surface area contributed by atoms with Crippen molar-refractivity contribution in [3.63, 3.8) is 0 Å². The monoisotopic (exact) mass is 451 g/mol. The van der Waals surface area contributed by atoms with E-state index in [1.807, 2.05) is 19.1 Å². The number of rotatable bonds is 8. The maximum absolute atomic E-state index is 13.7. The minimum atomic E-state index is -4.67. The first-order chi connectivity index (χ1) is 15.3. The van der Waals surface area contributed by atoms with Gasteiger partial charge in [0.25, 0.3) is 0 Å². The van der Waals surface area contributed by atoms with E-state index in [4.69, 9.17) is 5.11 Å². The molecule has 2 aromatic rings. The molecule has 2 aliphatic rings. The summed E-state index contributed by atoms with van der Waals surface area (Å²) in [4.78, 5) is 20.5. The number of fused-ring (bicyclic) bond motifs is 2. The van der Waals surface area contributed by atoms with Crippen molar-refractivity contribution in [2.75, 3.05) is 23.8 Å². The highest BCUT2D eigenvalue weighted by Gasteiger charge is 2.49. The number of alkyl halides is 3. The number of aliphatic hydroxyl groups excluding tert-OH is 1. The van der Waals surface area contributed by atoms with Gasteiger partial charge in [0, 0.05) is 31.5 Å². The van der Waals surface area contributed by atoms with Crippen molar-refractivity contribution in [2.45, 2.75) is 32.1 Å². The first kappa shape index (κ1) is 22.1. The first-order valence-electron chi connectivity index (χ1n) is 10.4. The molecule has 1 amide bonds. The van der Waals surface area contributed by atoms with Crippen molar-refractivity contribution in [1.29, 1.82) is 0 Å². The number of aromatic nitrogens is 4. The lowest BCUT2D eigenvalue weighted by Crippen LogP contribution is -2.44. The van der Waals surface area contributed by atoms with Gasteiger partial charge in [-0.2, -0.15) is 23.3 Å². The van der Waals surface area contributed by atoms with Gasteiger partial charge < -0.3 is 21.1 Å². The van der Waals surface area contributed by atoms with Crippen LogP contribution >= 0.6 is 0 Å². The van der Waals surface area contributed by atoms with E-state index in [1.54, 1.807) is 10.9 Å². The van der Waals surface area contributed by atoms with Gasteiger partial charge >= 0.3 is 6.18 Å². The van der Waals surface area contributed by atoms with Crippen LogP contribution in [0, 0.1) is 17.8 Å². The summed E-state index contributed by atoms with van der Waals surface area (Å²) < 4.78 is 42.7. The van der Waals surface area contributed by atoms with Gasteiger partial charge in [-0.15, -0.1) is 0 Å². The summed E-state index contributed by atoms with van der Waals surface area (Å²) in [5.41, 5.74) is -0.463. The Hall–Kier alpha value is -3.15. The molecule has 1 saturated carbocycles. The lowest BCUT2D eigenvalue weighted by atomic mass is 9.88. The summed E-state index contributed by atoms with van der Waals surface area (Å²) in [6, 6.07) is -0.560. The number of aliphatic hydroxyl groups is 1. The standard InChI is InChI=1S/C20H24F3N7O2/c1-2-30-10-13(8-26-30)27-19-25-9-14(20(21,22)23)17(29-19)28-16-12-4-3-11(7-12)15(16)18(32)24-5-6-31/h3-4,8-12,15-16,31H,2,5-7H2,1H3,(H,24,32)(H2,25,27,28,29)/t11-,12+,15+,16-/m0/s1. The molecule has 172 valence electrons. The molecule has 12 heteroatoms. The summed E-state index contributed by atoms with van der Waals surface area (Å²) in [6.45, 7) is 2.42. The Balaban J connectivity index is 1.61. The van der Waals surface area contributed by atoms with E-state index < -0.39 is 23.7 Å². The SMILES string of the molecule is CCn1cc(Nc2ncc(C(F)(F)F)c(N[C@@H]3[C@H](C(=O)NCCO)[C@H]4C=C[C@@H]3C4)n2)cn1. The number of allylic oxidation sites excluding steroid dienone is 1. The van der Waals surface area contributed by atoms with E-state index in [9.17, 15) is 18.0 Å². The minimum Gasteiger partial charge on any atom is -0.395 e. The molecule has 0 saturated heterocycles. The fraction of sp³-hybridized carbons (Fsp3) is 0.500. The maximum Gasteiger partial charge on any atom is 0.421 e. The van der Waals surface area contributed by atoms with Gasteiger partial charge in [-0.3, -0.25) is 9.48 Å². The molecule has 4 N–H and O–H groups in total. The Bertz CT molecular complexity index is 1010. The van der Waals surface area contributed by atoms with Crippen LogP contribution in [0.1, 0.15) is 18.9 Å². The lowest BCUT2D eigenvalue weighted by Gasteiger charge is -2.29. The summed E-state index contributed by atoms with van der Waals surface area (Å²) in [7, 11) is 0. The summed E-state index contributed by atoms with van der Waals surface area (Å²) >= 11 is 0. The van der Waals surface area contributed by atoms with E-state index in [0.717, 1.165) is 6.20 Å². The predicted molar refractivity (Wildman–Crippen MR) is 110 cm³/mol. The largest absolute Gasteiger partial charge is 0.421 e. The van der Waals surface area contributed by atoms with Crippen LogP contribution in [0.2, 0.25) is 0 Å². The average Bonchev–Trinajstić information content (AvgIpc) is 3.47. The number of carbonyl (C=O) groups is 1. The van der Waals surface area contributed by atoms with Crippen LogP contribution in [0.5, 0.6) is 0 Å². The smallest absolute Gasteiger partial charge is 0.395 e. The van der Waals surface area contributed by atoms with E-state index in [2.05, 4.69) is 31.0 Å². The summed E-state index contributed by atoms with van der Waals surface area (Å²) in [5.74, 6) is -1.45. The fourth-order valence-electron chi connectivity index (χ4n) is 4.32. The normalized spacial score (nSPS) is 24.0. The number of hydrogen-bond acceptors (Lipinski definition) is 7. The highest BCUT2D eigenvalue weighted by molar-refractivity contribution is 5.81. The van der Waals surface area contributed by atoms with Gasteiger partial charge in [0.1, 0.15) is 11.4 Å². The molecule has 0 radical (unpaired) electrons. The van der Waals surface area contributed by atoms with Crippen LogP contribution < -0.4 is 16.0 Å². The second-order valence-corrected chi connectivity index (χ2v) is 7.82. The molecule has 2 aliphatic carbocycles. The molecule has 2 bridgehead atoms. The molecule has 4 atom stereocenters. The average molecular weight is 451 g/mol. The quantitative estimate of drug-likeness (QED) is 0.455. The van der Waals surface area contributed by atoms with Crippen LogP contribution in [0.4, 0.5) is 30.6 Å². The second kappa shape index (κ2) is 8.77. The molecule has 2 heterocycles. The van der Waals surface area contributed by atoms with Gasteiger partial charge in [-0.1, -0.05) is 12.2 Å². The molecule has 2 aromatic heterocycles. The zero-order valence-corrected chi connectivity index (χ0v) is 17.3. The van der Waals surface area contributed by atoms with Crippen LogP contribution in [-0.2, 0) is 17.5 Å². The Labute approximate surface area is 182 Å². The van der Waals surface area contributed by atoms with Crippen molar-refractivity contribution < 1.29 is 23.1 Å². The number of aryl methyl sites for hydroxylation is 1. The Morgan fingerprint density at radius 1 is 1.28 bits per heavy atom. The van der Waals surface area contributed by atoms with Crippen molar-refractivity contribution in [2.24, 2.45) is 17.8 Å². The number of carbonyl (C=O) groups excluding carboxylic acids is 1. The Morgan fingerprint density at radius 3 is 2.75 bits per heavy atom. The number of nitrogens with one attached hydrogen (secondary N) is 3. The van der Waals surface area contributed by atoms with Crippen LogP contribution in [0.25, 0.3) is 0 Å². The maximum atomic E-state index is 13.7. The summed E-state index contributed by atoms with van der Waals surface area (Å²) in [5, 5.41) is 21.5. The molecule has 9 nitrogen and oxygen atoms in total. The number of nitrogens with zero attached hydrogens (tertiary/aromatic N) is 4. The zero-order chi connectivity index (χ0) is 22.9. The molecule has 4 rings (SSSR count). The molecular weight excluding hydrogens is 427 g/mol. The minimum absolute atomic E-state index is 0.0175. The number of amides is 1. The number of anilines is 3. The molecule has 32 heavy (non-hydrogen) atoms. The third kappa shape index (κ3) is 4.40. The molecule has 0 spiro atoms. The van der Waals surface area contributed by atoms with Gasteiger partial charge in [-0.25, -0.2) is 4.98 Å². The molecule has 1 fully saturated rings. The van der Waals surface area contributed by atoms with E-state index in [1.165, 1.54) is 6.20 Å². The van der Waals surface area contributed by atoms with Crippen molar-refractivity contribution in [3.05, 3.63) is 36.3 Å². The highest BCUT2D eigenvalue weighted by atomic mass is 19.4. The second-order valence-electron chi connectivity index (χ2n) is 7.82. The van der Waals surface area contributed by atoms with Gasteiger partial charge in [0.15, 0.2) is 0 Å². The van der Waals surface area contributed by atoms with Gasteiger partial charge in [-0.05, 0) is 25.2 Å². The third-order valence-corrected chi connectivity index (χ3v) is 5.78. The Morgan fingerprint density at radius 2 is 2.06 bits per heavy atom. The highest BCUT2D eigenvalue weighted by Crippen LogP contribution is 2.46. The van der Waals surface area contributed by atoms with E-state index in [-0.39, 0.29) is 42.7 Å². The summed E-state index contributed by atoms with van der Waals surface area (Å²) in [6.07, 6.45) is 3.79. The number of hydrogen-bond donors (Lipinski definition) is 4. The number of halogens is 3. The van der Waals surface area contributed by atoms with Gasteiger partial charge in [0.05, 0.1) is 24.4 Å². The van der Waals surface area contributed by atoms with E-state index >= 15 is 0 Å². The molecule has 0 unspecified atom stereocenters. The predicted octanol–water partition coefficient (Wildman–Crippen LogP) is 2.17. The van der Waals surface area contributed by atoms with Crippen molar-refractivity contribution >= 4 is 23.4 Å². The molecular formula is C20H24F3N7O2. The molecule has 0 aliphatic heterocycles. The first-order valence-corrected chi connectivity index (χ1v) is 10.4. The van der Waals surface area contributed by atoms with Crippen molar-refractivity contribution in [3.8, 4) is 0 Å². The third-order valence-electron chi connectivity index (χ3n) is 5.78. The Kier molecular flexibility index (Phi) is 6.04. The van der Waals surface area contributed by atoms with Crippen LogP contribution in [0.3, 0.4) is 0 Å². The van der Waals surface area contributed by atoms with E-state index in [0.29, 0.717) is 18.7 Å². The zero-order valence-electron chi connectivity index (χ0n) is 17.3. The lowest BCUT2D eigenvalue weighted by molar-refractivity contribution is -0.137. The molecule has 0 aromatic carbocycles. The van der Waals surface area contributed by atoms with Gasteiger partial charge in [0.2, 0.25) is 11.9 Å². The topological polar surface area (TPSA) is 117 Å². The van der Waals surface area contributed by atoms with Crippen LogP contribution in [-0.4, -0.2) is 50.0 Å².